The minimum absolute atomic E-state index is 0.0337. The third-order valence-corrected chi connectivity index (χ3v) is 7.61. The van der Waals surface area contributed by atoms with Gasteiger partial charge in [-0.3, -0.25) is 9.80 Å². The van der Waals surface area contributed by atoms with Gasteiger partial charge in [0.1, 0.15) is 0 Å². The summed E-state index contributed by atoms with van der Waals surface area (Å²) in [5.41, 5.74) is -2.46. The first-order valence-corrected chi connectivity index (χ1v) is 13.4. The predicted octanol–water partition coefficient (Wildman–Crippen LogP) is 6.41. The highest BCUT2D eigenvalue weighted by molar-refractivity contribution is 5.89. The second-order valence-electron chi connectivity index (χ2n) is 10.3. The maximum Gasteiger partial charge on any atom is 0.416 e. The Bertz CT molecular complexity index is 1050. The van der Waals surface area contributed by atoms with Gasteiger partial charge in [0.05, 0.1) is 11.1 Å². The van der Waals surface area contributed by atoms with E-state index in [4.69, 9.17) is 0 Å². The van der Waals surface area contributed by atoms with Gasteiger partial charge in [-0.1, -0.05) is 49.6 Å². The highest BCUT2D eigenvalue weighted by Gasteiger charge is 2.37. The van der Waals surface area contributed by atoms with Gasteiger partial charge in [0.15, 0.2) is 0 Å². The molecule has 4 rings (SSSR count). The van der Waals surface area contributed by atoms with Crippen molar-refractivity contribution in [1.82, 2.24) is 15.1 Å². The molecule has 1 atom stereocenters. The van der Waals surface area contributed by atoms with Crippen LogP contribution in [0.25, 0.3) is 0 Å². The van der Waals surface area contributed by atoms with Crippen LogP contribution in [-0.2, 0) is 18.8 Å². The summed E-state index contributed by atoms with van der Waals surface area (Å²) in [6.07, 6.45) is -3.08. The molecule has 0 radical (unpaired) electrons. The number of carbonyl (C=O) groups excluding carboxylic acids is 1. The van der Waals surface area contributed by atoms with Crippen molar-refractivity contribution in [1.29, 1.82) is 0 Å². The maximum atomic E-state index is 13.2. The normalized spacial score (nSPS) is 19.0. The first kappa shape index (κ1) is 29.2. The number of benzene rings is 2. The first-order valence-electron chi connectivity index (χ1n) is 13.4. The summed E-state index contributed by atoms with van der Waals surface area (Å²) in [7, 11) is 0. The van der Waals surface area contributed by atoms with Crippen molar-refractivity contribution in [3.05, 3.63) is 65.2 Å². The van der Waals surface area contributed by atoms with Crippen LogP contribution in [0.5, 0.6) is 0 Å². The lowest BCUT2D eigenvalue weighted by Crippen LogP contribution is -2.56. The van der Waals surface area contributed by atoms with Crippen molar-refractivity contribution in [3.63, 3.8) is 0 Å². The highest BCUT2D eigenvalue weighted by Crippen LogP contribution is 2.37. The predicted molar refractivity (Wildman–Crippen MR) is 137 cm³/mol. The van der Waals surface area contributed by atoms with Crippen molar-refractivity contribution < 1.29 is 31.1 Å². The number of nitrogens with one attached hydrogen (secondary N) is 2. The summed E-state index contributed by atoms with van der Waals surface area (Å²) in [6.45, 7) is 3.67. The molecule has 1 saturated heterocycles. The molecule has 0 aromatic heterocycles. The number of halogens is 6. The van der Waals surface area contributed by atoms with E-state index in [0.717, 1.165) is 31.7 Å². The zero-order valence-corrected chi connectivity index (χ0v) is 21.6. The van der Waals surface area contributed by atoms with E-state index in [1.807, 2.05) is 30.3 Å². The number of amides is 2. The quantitative estimate of drug-likeness (QED) is 0.388. The molecule has 1 aliphatic carbocycles. The van der Waals surface area contributed by atoms with E-state index in [0.29, 0.717) is 24.6 Å². The topological polar surface area (TPSA) is 47.6 Å². The van der Waals surface area contributed by atoms with Crippen molar-refractivity contribution in [3.8, 4) is 0 Å². The van der Waals surface area contributed by atoms with Gasteiger partial charge in [-0.05, 0) is 43.0 Å². The average Bonchev–Trinajstić information content (AvgIpc) is 2.91. The van der Waals surface area contributed by atoms with Crippen molar-refractivity contribution in [2.75, 3.05) is 38.0 Å². The number of hydrogen-bond acceptors (Lipinski definition) is 3. The van der Waals surface area contributed by atoms with Crippen molar-refractivity contribution >= 4 is 11.7 Å². The van der Waals surface area contributed by atoms with Gasteiger partial charge in [-0.2, -0.15) is 26.3 Å². The Morgan fingerprint density at radius 2 is 1.44 bits per heavy atom. The summed E-state index contributed by atoms with van der Waals surface area (Å²) >= 11 is 0. The minimum Gasteiger partial charge on any atom is -0.336 e. The summed E-state index contributed by atoms with van der Waals surface area (Å²) < 4.78 is 79.1. The Balaban J connectivity index is 1.41. The molecule has 1 heterocycles. The second kappa shape index (κ2) is 12.6. The molecule has 1 saturated carbocycles. The Morgan fingerprint density at radius 1 is 0.846 bits per heavy atom. The monoisotopic (exact) mass is 556 g/mol. The van der Waals surface area contributed by atoms with E-state index in [9.17, 15) is 31.1 Å². The van der Waals surface area contributed by atoms with Crippen LogP contribution in [-0.4, -0.2) is 60.6 Å². The van der Waals surface area contributed by atoms with Gasteiger partial charge >= 0.3 is 18.4 Å². The number of alkyl halides is 6. The van der Waals surface area contributed by atoms with Crippen LogP contribution in [0.15, 0.2) is 48.5 Å². The SMILES string of the molecule is O=C(NCC(Cc1ccccc1)N1CCN(C2CCCCC2)CC1)Nc1cc(C(F)(F)F)cc(C(F)(F)F)c1. The highest BCUT2D eigenvalue weighted by atomic mass is 19.4. The molecular formula is C28H34F6N4O. The van der Waals surface area contributed by atoms with Gasteiger partial charge in [0.25, 0.3) is 0 Å². The molecule has 2 aromatic carbocycles. The number of piperazine rings is 1. The van der Waals surface area contributed by atoms with Crippen molar-refractivity contribution in [2.45, 2.75) is 63.0 Å². The molecule has 11 heteroatoms. The summed E-state index contributed by atoms with van der Waals surface area (Å²) in [4.78, 5) is 17.5. The zero-order chi connectivity index (χ0) is 28.0. The van der Waals surface area contributed by atoms with Gasteiger partial charge in [-0.25, -0.2) is 4.79 Å². The second-order valence-corrected chi connectivity index (χ2v) is 10.3. The lowest BCUT2D eigenvalue weighted by molar-refractivity contribution is -0.143. The van der Waals surface area contributed by atoms with Crippen LogP contribution in [0, 0.1) is 0 Å². The fraction of sp³-hybridized carbons (Fsp3) is 0.536. The largest absolute Gasteiger partial charge is 0.416 e. The first-order chi connectivity index (χ1) is 18.5. The molecule has 0 spiro atoms. The van der Waals surface area contributed by atoms with Crippen LogP contribution in [0.1, 0.15) is 48.8 Å². The molecular weight excluding hydrogens is 522 g/mol. The molecule has 214 valence electrons. The number of carbonyl (C=O) groups is 1. The van der Waals surface area contributed by atoms with Crippen LogP contribution in [0.4, 0.5) is 36.8 Å². The van der Waals surface area contributed by atoms with Crippen LogP contribution in [0.2, 0.25) is 0 Å². The van der Waals surface area contributed by atoms with Crippen LogP contribution in [0.3, 0.4) is 0 Å². The zero-order valence-electron chi connectivity index (χ0n) is 21.6. The fourth-order valence-corrected chi connectivity index (χ4v) is 5.54. The number of hydrogen-bond donors (Lipinski definition) is 2. The summed E-state index contributed by atoms with van der Waals surface area (Å²) in [5.74, 6) is 0. The van der Waals surface area contributed by atoms with Crippen LogP contribution >= 0.6 is 0 Å². The van der Waals surface area contributed by atoms with E-state index >= 15 is 0 Å². The summed E-state index contributed by atoms with van der Waals surface area (Å²) in [6, 6.07) is 10.5. The van der Waals surface area contributed by atoms with Gasteiger partial charge < -0.3 is 10.6 Å². The minimum atomic E-state index is -4.99. The lowest BCUT2D eigenvalue weighted by Gasteiger charge is -2.43. The number of nitrogens with zero attached hydrogens (tertiary/aromatic N) is 2. The number of anilines is 1. The Labute approximate surface area is 224 Å². The third-order valence-electron chi connectivity index (χ3n) is 7.61. The molecule has 2 amide bonds. The molecule has 1 aliphatic heterocycles. The van der Waals surface area contributed by atoms with E-state index in [1.54, 1.807) is 0 Å². The van der Waals surface area contributed by atoms with Gasteiger partial charge in [0.2, 0.25) is 0 Å². The number of rotatable bonds is 7. The van der Waals surface area contributed by atoms with Gasteiger partial charge in [-0.15, -0.1) is 0 Å². The van der Waals surface area contributed by atoms with E-state index < -0.39 is 35.2 Å². The molecule has 39 heavy (non-hydrogen) atoms. The van der Waals surface area contributed by atoms with Crippen molar-refractivity contribution in [2.24, 2.45) is 0 Å². The molecule has 2 aliphatic rings. The number of urea groups is 1. The van der Waals surface area contributed by atoms with Crippen LogP contribution < -0.4 is 10.6 Å². The molecule has 0 bridgehead atoms. The smallest absolute Gasteiger partial charge is 0.336 e. The van der Waals surface area contributed by atoms with E-state index in [2.05, 4.69) is 20.4 Å². The van der Waals surface area contributed by atoms with E-state index in [1.165, 1.54) is 32.1 Å². The Kier molecular flexibility index (Phi) is 9.43. The average molecular weight is 557 g/mol. The molecule has 2 fully saturated rings. The molecule has 2 N–H and O–H groups in total. The van der Waals surface area contributed by atoms with Gasteiger partial charge in [0, 0.05) is 50.5 Å². The maximum absolute atomic E-state index is 13.2. The van der Waals surface area contributed by atoms with E-state index in [-0.39, 0.29) is 18.7 Å². The molecule has 1 unspecified atom stereocenters. The molecule has 5 nitrogen and oxygen atoms in total. The third kappa shape index (κ3) is 8.35. The summed E-state index contributed by atoms with van der Waals surface area (Å²) in [5, 5.41) is 4.83. The lowest BCUT2D eigenvalue weighted by atomic mass is 9.93. The fourth-order valence-electron chi connectivity index (χ4n) is 5.54. The Hall–Kier alpha value is -2.79. The molecule has 2 aromatic rings. The standard InChI is InChI=1S/C28H34F6N4O/c29-27(30,31)21-16-22(28(32,33)34)18-23(17-21)36-26(39)35-19-25(15-20-7-3-1-4-8-20)38-13-11-37(12-14-38)24-9-5-2-6-10-24/h1,3-4,7-8,16-18,24-25H,2,5-6,9-15,19H2,(H2,35,36,39). The Morgan fingerprint density at radius 3 is 2.00 bits per heavy atom.